The first-order valence-electron chi connectivity index (χ1n) is 9.55. The summed E-state index contributed by atoms with van der Waals surface area (Å²) in [5, 5.41) is 12.9. The van der Waals surface area contributed by atoms with Crippen molar-refractivity contribution in [1.82, 2.24) is 24.3 Å². The molecule has 2 amide bonds. The predicted octanol–water partition coefficient (Wildman–Crippen LogP) is 2.97. The standard InChI is InChI=1S/C20H22N6O2S/c1-13-11-14(2)26(23-13)16-8-6-15(7-9-16)21-19(27)18-5-3-4-10-25(18)20(28)17-12-29-24-22-17/h6-9,11-12,18H,3-5,10H2,1-2H3,(H,21,27). The zero-order chi connectivity index (χ0) is 20.4. The zero-order valence-corrected chi connectivity index (χ0v) is 17.1. The molecule has 0 spiro atoms. The lowest BCUT2D eigenvalue weighted by atomic mass is 10.0. The number of carbonyl (C=O) groups excluding carboxylic acids is 2. The van der Waals surface area contributed by atoms with Crippen LogP contribution in [0.1, 0.15) is 41.1 Å². The van der Waals surface area contributed by atoms with E-state index in [9.17, 15) is 9.59 Å². The molecular weight excluding hydrogens is 388 g/mol. The first-order chi connectivity index (χ1) is 14.0. The van der Waals surface area contributed by atoms with Gasteiger partial charge in [-0.2, -0.15) is 5.10 Å². The summed E-state index contributed by atoms with van der Waals surface area (Å²) in [7, 11) is 0. The van der Waals surface area contributed by atoms with Gasteiger partial charge in [-0.3, -0.25) is 9.59 Å². The Morgan fingerprint density at radius 1 is 1.17 bits per heavy atom. The maximum Gasteiger partial charge on any atom is 0.275 e. The molecule has 1 unspecified atom stereocenters. The number of rotatable bonds is 4. The molecule has 0 saturated carbocycles. The Bertz CT molecular complexity index is 1010. The average molecular weight is 411 g/mol. The molecule has 1 N–H and O–H groups in total. The van der Waals surface area contributed by atoms with Gasteiger partial charge in [0.1, 0.15) is 6.04 Å². The molecule has 4 rings (SSSR count). The molecule has 1 aliphatic heterocycles. The first-order valence-corrected chi connectivity index (χ1v) is 10.4. The van der Waals surface area contributed by atoms with Crippen molar-refractivity contribution in [3.8, 4) is 5.69 Å². The number of carbonyl (C=O) groups is 2. The molecule has 1 atom stereocenters. The Morgan fingerprint density at radius 3 is 2.62 bits per heavy atom. The van der Waals surface area contributed by atoms with Crippen LogP contribution < -0.4 is 5.32 Å². The SMILES string of the molecule is Cc1cc(C)n(-c2ccc(NC(=O)C3CCCCN3C(=O)c3csnn3)cc2)n1. The second kappa shape index (κ2) is 8.12. The number of aryl methyl sites for hydroxylation is 2. The van der Waals surface area contributed by atoms with E-state index in [1.807, 2.05) is 48.9 Å². The highest BCUT2D eigenvalue weighted by Gasteiger charge is 2.33. The molecular formula is C20H22N6O2S. The molecule has 1 aromatic carbocycles. The Labute approximate surface area is 172 Å². The largest absolute Gasteiger partial charge is 0.325 e. The topological polar surface area (TPSA) is 93.0 Å². The molecule has 2 aromatic heterocycles. The van der Waals surface area contributed by atoms with Gasteiger partial charge in [0.2, 0.25) is 5.91 Å². The van der Waals surface area contributed by atoms with Crippen LogP contribution >= 0.6 is 11.5 Å². The summed E-state index contributed by atoms with van der Waals surface area (Å²) >= 11 is 1.13. The lowest BCUT2D eigenvalue weighted by molar-refractivity contribution is -0.121. The van der Waals surface area contributed by atoms with E-state index in [0.717, 1.165) is 41.4 Å². The van der Waals surface area contributed by atoms with E-state index in [4.69, 9.17) is 0 Å². The number of amides is 2. The fourth-order valence-electron chi connectivity index (χ4n) is 3.65. The van der Waals surface area contributed by atoms with Crippen LogP contribution in [0, 0.1) is 13.8 Å². The van der Waals surface area contributed by atoms with Crippen LogP contribution in [0.2, 0.25) is 0 Å². The van der Waals surface area contributed by atoms with Crippen LogP contribution in [-0.4, -0.2) is 48.7 Å². The third-order valence-corrected chi connectivity index (χ3v) is 5.54. The van der Waals surface area contributed by atoms with Gasteiger partial charge in [0.15, 0.2) is 5.69 Å². The maximum atomic E-state index is 12.9. The van der Waals surface area contributed by atoms with Gasteiger partial charge in [-0.05, 0) is 75.0 Å². The average Bonchev–Trinajstić information content (AvgIpc) is 3.37. The van der Waals surface area contributed by atoms with Crippen LogP contribution in [0.5, 0.6) is 0 Å². The number of benzene rings is 1. The fourth-order valence-corrected chi connectivity index (χ4v) is 4.08. The lowest BCUT2D eigenvalue weighted by Crippen LogP contribution is -2.50. The summed E-state index contributed by atoms with van der Waals surface area (Å²) in [5.41, 5.74) is 3.92. The molecule has 3 aromatic rings. The van der Waals surface area contributed by atoms with Crippen molar-refractivity contribution in [3.63, 3.8) is 0 Å². The highest BCUT2D eigenvalue weighted by atomic mass is 32.1. The maximum absolute atomic E-state index is 12.9. The van der Waals surface area contributed by atoms with Crippen molar-refractivity contribution >= 4 is 29.0 Å². The monoisotopic (exact) mass is 410 g/mol. The number of piperidine rings is 1. The quantitative estimate of drug-likeness (QED) is 0.714. The second-order valence-electron chi connectivity index (χ2n) is 7.18. The van der Waals surface area contributed by atoms with Gasteiger partial charge in [-0.25, -0.2) is 4.68 Å². The molecule has 0 aliphatic carbocycles. The summed E-state index contributed by atoms with van der Waals surface area (Å²) in [5.74, 6) is -0.418. The minimum atomic E-state index is -0.506. The third kappa shape index (κ3) is 4.04. The van der Waals surface area contributed by atoms with Gasteiger partial charge >= 0.3 is 0 Å². The minimum Gasteiger partial charge on any atom is -0.325 e. The number of anilines is 1. The summed E-state index contributed by atoms with van der Waals surface area (Å²) < 4.78 is 5.62. The summed E-state index contributed by atoms with van der Waals surface area (Å²) in [6.45, 7) is 4.50. The number of likely N-dealkylation sites (tertiary alicyclic amines) is 1. The predicted molar refractivity (Wildman–Crippen MR) is 110 cm³/mol. The number of aromatic nitrogens is 4. The van der Waals surface area contributed by atoms with E-state index in [-0.39, 0.29) is 11.8 Å². The van der Waals surface area contributed by atoms with Gasteiger partial charge in [-0.15, -0.1) is 5.10 Å². The van der Waals surface area contributed by atoms with Gasteiger partial charge in [0, 0.05) is 23.3 Å². The van der Waals surface area contributed by atoms with E-state index in [1.165, 1.54) is 0 Å². The lowest BCUT2D eigenvalue weighted by Gasteiger charge is -2.34. The highest BCUT2D eigenvalue weighted by molar-refractivity contribution is 7.03. The first kappa shape index (κ1) is 19.3. The minimum absolute atomic E-state index is 0.180. The summed E-state index contributed by atoms with van der Waals surface area (Å²) in [6.07, 6.45) is 2.43. The Kier molecular flexibility index (Phi) is 5.39. The number of hydrogen-bond donors (Lipinski definition) is 1. The van der Waals surface area contributed by atoms with Crippen LogP contribution in [-0.2, 0) is 4.79 Å². The summed E-state index contributed by atoms with van der Waals surface area (Å²) in [4.78, 5) is 27.2. The van der Waals surface area contributed by atoms with Crippen LogP contribution in [0.4, 0.5) is 5.69 Å². The molecule has 9 heteroatoms. The third-order valence-electron chi connectivity index (χ3n) is 5.03. The molecule has 1 saturated heterocycles. The highest BCUT2D eigenvalue weighted by Crippen LogP contribution is 2.22. The van der Waals surface area contributed by atoms with E-state index in [2.05, 4.69) is 20.0 Å². The molecule has 3 heterocycles. The van der Waals surface area contributed by atoms with E-state index < -0.39 is 6.04 Å². The van der Waals surface area contributed by atoms with Crippen molar-refractivity contribution in [1.29, 1.82) is 0 Å². The van der Waals surface area contributed by atoms with Crippen molar-refractivity contribution in [2.75, 3.05) is 11.9 Å². The molecule has 0 radical (unpaired) electrons. The molecule has 0 bridgehead atoms. The fraction of sp³-hybridized carbons (Fsp3) is 0.350. The summed E-state index contributed by atoms with van der Waals surface area (Å²) in [6, 6.07) is 9.04. The molecule has 29 heavy (non-hydrogen) atoms. The normalized spacial score (nSPS) is 16.6. The van der Waals surface area contributed by atoms with Gasteiger partial charge in [0.05, 0.1) is 11.4 Å². The number of hydrogen-bond acceptors (Lipinski definition) is 6. The van der Waals surface area contributed by atoms with Crippen molar-refractivity contribution < 1.29 is 9.59 Å². The Hall–Kier alpha value is -3.07. The van der Waals surface area contributed by atoms with Crippen molar-refractivity contribution in [3.05, 3.63) is 52.8 Å². The van der Waals surface area contributed by atoms with Crippen molar-refractivity contribution in [2.24, 2.45) is 0 Å². The second-order valence-corrected chi connectivity index (χ2v) is 7.79. The molecule has 1 fully saturated rings. The van der Waals surface area contributed by atoms with E-state index in [1.54, 1.807) is 10.3 Å². The molecule has 1 aliphatic rings. The molecule has 150 valence electrons. The Morgan fingerprint density at radius 2 is 1.97 bits per heavy atom. The zero-order valence-electron chi connectivity index (χ0n) is 16.3. The number of nitrogens with one attached hydrogen (secondary N) is 1. The van der Waals surface area contributed by atoms with Gasteiger partial charge < -0.3 is 10.2 Å². The van der Waals surface area contributed by atoms with Gasteiger partial charge in [0.25, 0.3) is 5.91 Å². The van der Waals surface area contributed by atoms with Crippen LogP contribution in [0.3, 0.4) is 0 Å². The van der Waals surface area contributed by atoms with E-state index in [0.29, 0.717) is 24.3 Å². The number of nitrogens with zero attached hydrogens (tertiary/aromatic N) is 5. The van der Waals surface area contributed by atoms with E-state index >= 15 is 0 Å². The van der Waals surface area contributed by atoms with Crippen LogP contribution in [0.15, 0.2) is 35.7 Å². The molecule has 8 nitrogen and oxygen atoms in total. The smallest absolute Gasteiger partial charge is 0.275 e. The van der Waals surface area contributed by atoms with Crippen molar-refractivity contribution in [2.45, 2.75) is 39.2 Å². The van der Waals surface area contributed by atoms with Crippen LogP contribution in [0.25, 0.3) is 5.69 Å². The van der Waals surface area contributed by atoms with Gasteiger partial charge in [-0.1, -0.05) is 4.49 Å². The Balaban J connectivity index is 1.47.